The van der Waals surface area contributed by atoms with Crippen molar-refractivity contribution in [2.45, 2.75) is 40.8 Å². The first kappa shape index (κ1) is 26.9. The number of fused-ring (bicyclic) bond motifs is 1. The van der Waals surface area contributed by atoms with Gasteiger partial charge < -0.3 is 41.3 Å². The minimum Gasteiger partial charge on any atom is -0.394 e. The SMILES string of the molecule is CNC(=O)c1ccc(C2C(O)[C@@]3(O)C(c4ccc(C(=O)Nc5ccccc5)cc4)[C@@](O)([C@H](O)CO)[C@@]23O)cc1. The molecule has 0 aliphatic heterocycles. The molecule has 10 heteroatoms. The Morgan fingerprint density at radius 1 is 0.846 bits per heavy atom. The van der Waals surface area contributed by atoms with Crippen molar-refractivity contribution in [3.63, 3.8) is 0 Å². The number of amides is 2. The van der Waals surface area contributed by atoms with Crippen molar-refractivity contribution in [1.82, 2.24) is 5.32 Å². The minimum atomic E-state index is -2.46. The second kappa shape index (κ2) is 9.53. The lowest BCUT2D eigenvalue weighted by molar-refractivity contribution is -0.459. The van der Waals surface area contributed by atoms with Crippen LogP contribution in [0.3, 0.4) is 0 Å². The summed E-state index contributed by atoms with van der Waals surface area (Å²) in [6, 6.07) is 20.6. The monoisotopic (exact) mass is 534 g/mol. The molecule has 5 rings (SSSR count). The van der Waals surface area contributed by atoms with Gasteiger partial charge in [-0.25, -0.2) is 0 Å². The summed E-state index contributed by atoms with van der Waals surface area (Å²) < 4.78 is 0. The van der Waals surface area contributed by atoms with Crippen LogP contribution in [-0.4, -0.2) is 85.1 Å². The molecule has 0 heterocycles. The molecule has 0 spiro atoms. The summed E-state index contributed by atoms with van der Waals surface area (Å²) in [7, 11) is 1.47. The van der Waals surface area contributed by atoms with E-state index in [0.717, 1.165) is 0 Å². The Balaban J connectivity index is 1.47. The number of hydrogen-bond acceptors (Lipinski definition) is 8. The average molecular weight is 535 g/mol. The maximum Gasteiger partial charge on any atom is 0.255 e. The van der Waals surface area contributed by atoms with E-state index in [2.05, 4.69) is 10.6 Å². The Morgan fingerprint density at radius 3 is 1.92 bits per heavy atom. The van der Waals surface area contributed by atoms with Crippen molar-refractivity contribution in [3.05, 3.63) is 101 Å². The molecular formula is C29H30N2O8. The van der Waals surface area contributed by atoms with Crippen LogP contribution in [-0.2, 0) is 0 Å². The molecule has 2 fully saturated rings. The lowest BCUT2D eigenvalue weighted by atomic mass is 9.30. The van der Waals surface area contributed by atoms with E-state index < -0.39 is 53.4 Å². The van der Waals surface area contributed by atoms with Crippen LogP contribution in [0.1, 0.15) is 43.7 Å². The maximum atomic E-state index is 12.7. The first-order valence-corrected chi connectivity index (χ1v) is 12.5. The molecule has 3 aromatic carbocycles. The zero-order valence-electron chi connectivity index (χ0n) is 21.0. The predicted octanol–water partition coefficient (Wildman–Crippen LogP) is 0.100. The van der Waals surface area contributed by atoms with E-state index in [1.165, 1.54) is 55.6 Å². The van der Waals surface area contributed by atoms with Crippen LogP contribution in [0.4, 0.5) is 5.69 Å². The van der Waals surface area contributed by atoms with Gasteiger partial charge in [0.1, 0.15) is 22.9 Å². The number of aliphatic hydroxyl groups excluding tert-OH is 3. The summed E-state index contributed by atoms with van der Waals surface area (Å²) in [5.74, 6) is -3.38. The van der Waals surface area contributed by atoms with Gasteiger partial charge in [0.05, 0.1) is 18.6 Å². The molecule has 39 heavy (non-hydrogen) atoms. The zero-order chi connectivity index (χ0) is 28.2. The van der Waals surface area contributed by atoms with E-state index >= 15 is 0 Å². The molecule has 2 aliphatic rings. The second-order valence-corrected chi connectivity index (χ2v) is 10.1. The highest BCUT2D eigenvalue weighted by Crippen LogP contribution is 2.75. The van der Waals surface area contributed by atoms with Crippen LogP contribution in [0.2, 0.25) is 0 Å². The van der Waals surface area contributed by atoms with E-state index in [4.69, 9.17) is 0 Å². The quantitative estimate of drug-likeness (QED) is 0.210. The molecule has 2 saturated carbocycles. The van der Waals surface area contributed by atoms with Gasteiger partial charge in [0, 0.05) is 29.8 Å². The van der Waals surface area contributed by atoms with Crippen molar-refractivity contribution in [1.29, 1.82) is 0 Å². The Bertz CT molecular complexity index is 1380. The van der Waals surface area contributed by atoms with Crippen molar-refractivity contribution < 1.29 is 40.2 Å². The van der Waals surface area contributed by atoms with Gasteiger partial charge in [-0.1, -0.05) is 42.5 Å². The molecule has 8 N–H and O–H groups in total. The lowest BCUT2D eigenvalue weighted by Crippen LogP contribution is -2.99. The van der Waals surface area contributed by atoms with Crippen molar-refractivity contribution in [2.24, 2.45) is 0 Å². The van der Waals surface area contributed by atoms with Gasteiger partial charge in [-0.15, -0.1) is 0 Å². The molecule has 0 radical (unpaired) electrons. The summed E-state index contributed by atoms with van der Waals surface area (Å²) in [4.78, 5) is 24.5. The molecule has 2 amide bonds. The molecule has 0 bridgehead atoms. The van der Waals surface area contributed by atoms with E-state index in [9.17, 15) is 40.2 Å². The van der Waals surface area contributed by atoms with Crippen LogP contribution in [0.5, 0.6) is 0 Å². The fourth-order valence-electron chi connectivity index (χ4n) is 6.35. The van der Waals surface area contributed by atoms with Gasteiger partial charge in [0.15, 0.2) is 0 Å². The Hall–Kier alpha value is -3.64. The van der Waals surface area contributed by atoms with Crippen molar-refractivity contribution in [3.8, 4) is 0 Å². The molecule has 204 valence electrons. The highest BCUT2D eigenvalue weighted by molar-refractivity contribution is 6.04. The molecular weight excluding hydrogens is 504 g/mol. The largest absolute Gasteiger partial charge is 0.394 e. The normalized spacial score (nSPS) is 31.7. The molecule has 7 atom stereocenters. The first-order valence-electron chi connectivity index (χ1n) is 12.5. The van der Waals surface area contributed by atoms with Crippen LogP contribution >= 0.6 is 0 Å². The molecule has 0 aromatic heterocycles. The van der Waals surface area contributed by atoms with Crippen molar-refractivity contribution >= 4 is 17.5 Å². The summed E-state index contributed by atoms with van der Waals surface area (Å²) in [5.41, 5.74) is -5.44. The zero-order valence-corrected chi connectivity index (χ0v) is 21.0. The lowest BCUT2D eigenvalue weighted by Gasteiger charge is -2.80. The molecule has 3 unspecified atom stereocenters. The van der Waals surface area contributed by atoms with Crippen molar-refractivity contribution in [2.75, 3.05) is 19.0 Å². The highest BCUT2D eigenvalue weighted by atomic mass is 16.5. The summed E-state index contributed by atoms with van der Waals surface area (Å²) in [6.45, 7) is -0.929. The van der Waals surface area contributed by atoms with Crippen LogP contribution in [0.25, 0.3) is 0 Å². The summed E-state index contributed by atoms with van der Waals surface area (Å²) in [6.07, 6.45) is -3.44. The molecule has 2 aliphatic carbocycles. The third-order valence-electron chi connectivity index (χ3n) is 8.30. The third-order valence-corrected chi connectivity index (χ3v) is 8.30. The van der Waals surface area contributed by atoms with Crippen LogP contribution < -0.4 is 10.6 Å². The van der Waals surface area contributed by atoms with Gasteiger partial charge in [0.25, 0.3) is 11.8 Å². The van der Waals surface area contributed by atoms with Gasteiger partial charge in [0.2, 0.25) is 0 Å². The molecule has 10 nitrogen and oxygen atoms in total. The molecule has 3 aromatic rings. The van der Waals surface area contributed by atoms with E-state index in [-0.39, 0.29) is 17.0 Å². The summed E-state index contributed by atoms with van der Waals surface area (Å²) >= 11 is 0. The van der Waals surface area contributed by atoms with E-state index in [0.29, 0.717) is 16.8 Å². The maximum absolute atomic E-state index is 12.7. The minimum absolute atomic E-state index is 0.237. The first-order chi connectivity index (χ1) is 18.5. The topological polar surface area (TPSA) is 180 Å². The number of hydrogen-bond donors (Lipinski definition) is 8. The van der Waals surface area contributed by atoms with Crippen LogP contribution in [0.15, 0.2) is 78.9 Å². The van der Waals surface area contributed by atoms with E-state index in [1.54, 1.807) is 24.3 Å². The third kappa shape index (κ3) is 3.57. The second-order valence-electron chi connectivity index (χ2n) is 10.1. The Labute approximate surface area is 224 Å². The number of rotatable bonds is 7. The number of aliphatic hydroxyl groups is 6. The number of para-hydroxylation sites is 1. The molecule has 0 saturated heterocycles. The van der Waals surface area contributed by atoms with Crippen LogP contribution in [0, 0.1) is 0 Å². The van der Waals surface area contributed by atoms with Gasteiger partial charge in [-0.2, -0.15) is 0 Å². The van der Waals surface area contributed by atoms with Gasteiger partial charge in [-0.05, 0) is 47.5 Å². The number of carbonyl (C=O) groups is 2. The number of nitrogens with one attached hydrogen (secondary N) is 2. The Morgan fingerprint density at radius 2 is 1.38 bits per heavy atom. The fourth-order valence-corrected chi connectivity index (χ4v) is 6.35. The number of benzene rings is 3. The standard InChI is InChI=1S/C29H30N2O8/c1-30-25(35)18-11-7-16(8-12-18)22-24(34)28(38)23(27(37,21(33)15-32)29(22,28)39)17-9-13-19(14-10-17)26(36)31-20-5-3-2-4-6-20/h2-14,21-24,32-34,37-39H,15H2,1H3,(H,30,35)(H,31,36)/t21-,22?,23?,24?,27+,28+,29+/m1/s1. The fraction of sp³-hybridized carbons (Fsp3) is 0.310. The number of anilines is 1. The van der Waals surface area contributed by atoms with Gasteiger partial charge in [-0.3, -0.25) is 9.59 Å². The predicted molar refractivity (Wildman–Crippen MR) is 140 cm³/mol. The smallest absolute Gasteiger partial charge is 0.255 e. The highest BCUT2D eigenvalue weighted by Gasteiger charge is 2.93. The average Bonchev–Trinajstić information content (AvgIpc) is 2.97. The van der Waals surface area contributed by atoms with Gasteiger partial charge >= 0.3 is 0 Å². The number of carbonyl (C=O) groups excluding carboxylic acids is 2. The van der Waals surface area contributed by atoms with E-state index in [1.807, 2.05) is 6.07 Å². The Kier molecular flexibility index (Phi) is 6.58. The summed E-state index contributed by atoms with van der Waals surface area (Å²) in [5, 5.41) is 71.9.